The van der Waals surface area contributed by atoms with Gasteiger partial charge in [-0.3, -0.25) is 0 Å². The maximum absolute atomic E-state index is 5.65. The highest BCUT2D eigenvalue weighted by molar-refractivity contribution is 5.25. The van der Waals surface area contributed by atoms with E-state index in [0.717, 1.165) is 6.54 Å². The summed E-state index contributed by atoms with van der Waals surface area (Å²) in [5, 5.41) is 3.44. The summed E-state index contributed by atoms with van der Waals surface area (Å²) in [5.74, 6) is 0. The number of hydrogen-bond acceptors (Lipinski definition) is 2. The molecule has 2 nitrogen and oxygen atoms in total. The first kappa shape index (κ1) is 11.2. The first-order valence-corrected chi connectivity index (χ1v) is 5.05. The van der Waals surface area contributed by atoms with Crippen molar-refractivity contribution in [2.24, 2.45) is 5.73 Å². The maximum Gasteiger partial charge on any atom is 0.0250 e. The maximum atomic E-state index is 5.65. The van der Waals surface area contributed by atoms with Crippen LogP contribution in [0.3, 0.4) is 0 Å². The molecule has 0 heterocycles. The highest BCUT2D eigenvalue weighted by Crippen LogP contribution is 2.08. The van der Waals surface area contributed by atoms with Crippen LogP contribution in [0.25, 0.3) is 0 Å². The molecule has 0 saturated heterocycles. The van der Waals surface area contributed by atoms with Crippen LogP contribution in [0.2, 0.25) is 0 Å². The molecule has 1 aromatic rings. The van der Waals surface area contributed by atoms with E-state index >= 15 is 0 Å². The number of hydrogen-bond donors (Lipinski definition) is 2. The van der Waals surface area contributed by atoms with Crippen LogP contribution in [0.5, 0.6) is 0 Å². The molecule has 3 N–H and O–H groups in total. The van der Waals surface area contributed by atoms with Gasteiger partial charge in [0.05, 0.1) is 0 Å². The Kier molecular flexibility index (Phi) is 3.67. The fraction of sp³-hybridized carbons (Fsp3) is 0.500. The molecular weight excluding hydrogens is 172 g/mol. The molecule has 1 aromatic carbocycles. The van der Waals surface area contributed by atoms with E-state index in [1.165, 1.54) is 11.1 Å². The number of aryl methyl sites for hydroxylation is 1. The molecule has 0 amide bonds. The molecule has 0 atom stereocenters. The Morgan fingerprint density at radius 1 is 1.29 bits per heavy atom. The third-order valence-electron chi connectivity index (χ3n) is 2.53. The average molecular weight is 192 g/mol. The van der Waals surface area contributed by atoms with Crippen LogP contribution in [0.1, 0.15) is 25.0 Å². The zero-order valence-corrected chi connectivity index (χ0v) is 9.30. The standard InChI is InChI=1S/C12H20N2/c1-10-6-4-5-7-11(10)8-14-12(2,3)9-13/h4-7,14H,8-9,13H2,1-3H3. The summed E-state index contributed by atoms with van der Waals surface area (Å²) >= 11 is 0. The number of nitrogens with two attached hydrogens (primary N) is 1. The summed E-state index contributed by atoms with van der Waals surface area (Å²) in [7, 11) is 0. The van der Waals surface area contributed by atoms with Gasteiger partial charge in [-0.15, -0.1) is 0 Å². The van der Waals surface area contributed by atoms with Crippen molar-refractivity contribution in [1.29, 1.82) is 0 Å². The molecule has 0 aliphatic carbocycles. The Bertz CT molecular complexity index is 292. The minimum absolute atomic E-state index is 0.0162. The molecule has 0 fully saturated rings. The van der Waals surface area contributed by atoms with Crippen LogP contribution in [-0.2, 0) is 6.54 Å². The molecule has 0 aromatic heterocycles. The quantitative estimate of drug-likeness (QED) is 0.763. The van der Waals surface area contributed by atoms with Crippen LogP contribution in [0.4, 0.5) is 0 Å². The van der Waals surface area contributed by atoms with E-state index < -0.39 is 0 Å². The van der Waals surface area contributed by atoms with Crippen LogP contribution in [-0.4, -0.2) is 12.1 Å². The van der Waals surface area contributed by atoms with E-state index in [1.54, 1.807) is 0 Å². The van der Waals surface area contributed by atoms with Crippen molar-refractivity contribution in [2.45, 2.75) is 32.9 Å². The highest BCUT2D eigenvalue weighted by atomic mass is 15.0. The fourth-order valence-corrected chi connectivity index (χ4v) is 1.22. The van der Waals surface area contributed by atoms with Gasteiger partial charge in [0, 0.05) is 18.6 Å². The van der Waals surface area contributed by atoms with Crippen molar-refractivity contribution < 1.29 is 0 Å². The second-order valence-electron chi connectivity index (χ2n) is 4.37. The van der Waals surface area contributed by atoms with Crippen molar-refractivity contribution in [1.82, 2.24) is 5.32 Å². The Morgan fingerprint density at radius 3 is 2.50 bits per heavy atom. The van der Waals surface area contributed by atoms with Gasteiger partial charge in [0.15, 0.2) is 0 Å². The fourth-order valence-electron chi connectivity index (χ4n) is 1.22. The van der Waals surface area contributed by atoms with Gasteiger partial charge in [0.1, 0.15) is 0 Å². The molecule has 0 unspecified atom stereocenters. The summed E-state index contributed by atoms with van der Waals surface area (Å²) < 4.78 is 0. The van der Waals surface area contributed by atoms with Gasteiger partial charge in [-0.25, -0.2) is 0 Å². The third kappa shape index (κ3) is 3.13. The van der Waals surface area contributed by atoms with Gasteiger partial charge in [-0.2, -0.15) is 0 Å². The lowest BCUT2D eigenvalue weighted by Gasteiger charge is -2.24. The normalized spacial score (nSPS) is 11.7. The zero-order valence-electron chi connectivity index (χ0n) is 9.30. The molecule has 0 aliphatic heterocycles. The van der Waals surface area contributed by atoms with Gasteiger partial charge in [-0.1, -0.05) is 24.3 Å². The molecular formula is C12H20N2. The van der Waals surface area contributed by atoms with Gasteiger partial charge in [0.2, 0.25) is 0 Å². The number of benzene rings is 1. The lowest BCUT2D eigenvalue weighted by Crippen LogP contribution is -2.45. The predicted octanol–water partition coefficient (Wildman–Crippen LogP) is 1.82. The summed E-state index contributed by atoms with van der Waals surface area (Å²) in [6.07, 6.45) is 0. The second kappa shape index (κ2) is 4.58. The Labute approximate surface area is 86.5 Å². The predicted molar refractivity (Wildman–Crippen MR) is 61.2 cm³/mol. The van der Waals surface area contributed by atoms with E-state index in [2.05, 4.69) is 50.4 Å². The molecule has 14 heavy (non-hydrogen) atoms. The molecule has 78 valence electrons. The number of rotatable bonds is 4. The SMILES string of the molecule is Cc1ccccc1CNC(C)(C)CN. The monoisotopic (exact) mass is 192 g/mol. The summed E-state index contributed by atoms with van der Waals surface area (Å²) in [6, 6.07) is 8.41. The molecule has 1 rings (SSSR count). The number of nitrogens with one attached hydrogen (secondary N) is 1. The average Bonchev–Trinajstić information content (AvgIpc) is 2.17. The minimum Gasteiger partial charge on any atom is -0.329 e. The smallest absolute Gasteiger partial charge is 0.0250 e. The van der Waals surface area contributed by atoms with Crippen molar-refractivity contribution in [3.63, 3.8) is 0 Å². The van der Waals surface area contributed by atoms with Crippen molar-refractivity contribution in [2.75, 3.05) is 6.54 Å². The van der Waals surface area contributed by atoms with Gasteiger partial charge in [0.25, 0.3) is 0 Å². The van der Waals surface area contributed by atoms with Crippen molar-refractivity contribution in [3.05, 3.63) is 35.4 Å². The van der Waals surface area contributed by atoms with E-state index in [9.17, 15) is 0 Å². The summed E-state index contributed by atoms with van der Waals surface area (Å²) in [6.45, 7) is 7.90. The van der Waals surface area contributed by atoms with Crippen LogP contribution in [0.15, 0.2) is 24.3 Å². The van der Waals surface area contributed by atoms with Crippen LogP contribution in [0, 0.1) is 6.92 Å². The van der Waals surface area contributed by atoms with E-state index in [-0.39, 0.29) is 5.54 Å². The molecule has 0 spiro atoms. The van der Waals surface area contributed by atoms with Gasteiger partial charge < -0.3 is 11.1 Å². The lowest BCUT2D eigenvalue weighted by atomic mass is 10.0. The third-order valence-corrected chi connectivity index (χ3v) is 2.53. The van der Waals surface area contributed by atoms with Crippen molar-refractivity contribution in [3.8, 4) is 0 Å². The largest absolute Gasteiger partial charge is 0.329 e. The highest BCUT2D eigenvalue weighted by Gasteiger charge is 2.13. The topological polar surface area (TPSA) is 38.0 Å². The molecule has 2 heteroatoms. The molecule has 0 aliphatic rings. The Morgan fingerprint density at radius 2 is 1.93 bits per heavy atom. The Balaban J connectivity index is 2.58. The van der Waals surface area contributed by atoms with E-state index in [1.807, 2.05) is 0 Å². The summed E-state index contributed by atoms with van der Waals surface area (Å²) in [4.78, 5) is 0. The van der Waals surface area contributed by atoms with Crippen molar-refractivity contribution >= 4 is 0 Å². The van der Waals surface area contributed by atoms with E-state index in [4.69, 9.17) is 5.73 Å². The molecule has 0 radical (unpaired) electrons. The first-order valence-electron chi connectivity index (χ1n) is 5.05. The first-order chi connectivity index (χ1) is 6.55. The van der Waals surface area contributed by atoms with Crippen LogP contribution >= 0.6 is 0 Å². The second-order valence-corrected chi connectivity index (χ2v) is 4.37. The summed E-state index contributed by atoms with van der Waals surface area (Å²) in [5.41, 5.74) is 8.33. The Hall–Kier alpha value is -0.860. The minimum atomic E-state index is 0.0162. The van der Waals surface area contributed by atoms with Crippen LogP contribution < -0.4 is 11.1 Å². The van der Waals surface area contributed by atoms with Gasteiger partial charge in [-0.05, 0) is 31.9 Å². The van der Waals surface area contributed by atoms with Gasteiger partial charge >= 0.3 is 0 Å². The zero-order chi connectivity index (χ0) is 10.6. The molecule has 0 saturated carbocycles. The lowest BCUT2D eigenvalue weighted by molar-refractivity contribution is 0.396. The van der Waals surface area contributed by atoms with E-state index in [0.29, 0.717) is 6.54 Å². The molecule has 0 bridgehead atoms.